The monoisotopic (exact) mass is 373 g/mol. The van der Waals surface area contributed by atoms with E-state index in [0.29, 0.717) is 17.6 Å². The van der Waals surface area contributed by atoms with Gasteiger partial charge in [-0.25, -0.2) is 14.6 Å². The lowest BCUT2D eigenvalue weighted by atomic mass is 10.1. The van der Waals surface area contributed by atoms with Gasteiger partial charge < -0.3 is 4.90 Å². The molecular formula is C19H19N9. The van der Waals surface area contributed by atoms with E-state index in [1.807, 2.05) is 18.3 Å². The number of nitrogens with zero attached hydrogens (tertiary/aromatic N) is 9. The molecule has 2 fully saturated rings. The van der Waals surface area contributed by atoms with Crippen LogP contribution in [0.5, 0.6) is 0 Å². The molecule has 3 aromatic heterocycles. The Kier molecular flexibility index (Phi) is 4.18. The quantitative estimate of drug-likeness (QED) is 0.678. The maximum atomic E-state index is 9.31. The van der Waals surface area contributed by atoms with Crippen LogP contribution in [0.15, 0.2) is 43.1 Å². The molecular weight excluding hydrogens is 354 g/mol. The number of pyridine rings is 1. The maximum absolute atomic E-state index is 9.31. The highest BCUT2D eigenvalue weighted by atomic mass is 15.4. The molecule has 3 aromatic rings. The molecule has 5 rings (SSSR count). The van der Waals surface area contributed by atoms with E-state index in [0.717, 1.165) is 43.9 Å². The summed E-state index contributed by atoms with van der Waals surface area (Å²) < 4.78 is 1.80. The molecule has 0 bridgehead atoms. The molecule has 0 saturated carbocycles. The summed E-state index contributed by atoms with van der Waals surface area (Å²) in [6.07, 6.45) is 10.9. The zero-order valence-corrected chi connectivity index (χ0v) is 15.3. The summed E-state index contributed by atoms with van der Waals surface area (Å²) in [5, 5.41) is 18.1. The van der Waals surface area contributed by atoms with Crippen LogP contribution < -0.4 is 4.90 Å². The minimum Gasteiger partial charge on any atom is -0.351 e. The lowest BCUT2D eigenvalue weighted by Gasteiger charge is -2.40. The summed E-state index contributed by atoms with van der Waals surface area (Å²) in [6, 6.07) is 6.68. The van der Waals surface area contributed by atoms with Gasteiger partial charge in [0.25, 0.3) is 0 Å². The van der Waals surface area contributed by atoms with Crippen LogP contribution in [0.2, 0.25) is 0 Å². The van der Waals surface area contributed by atoms with Crippen molar-refractivity contribution in [1.29, 1.82) is 5.26 Å². The zero-order chi connectivity index (χ0) is 18.9. The van der Waals surface area contributed by atoms with Crippen LogP contribution in [-0.2, 0) is 0 Å². The van der Waals surface area contributed by atoms with Gasteiger partial charge >= 0.3 is 0 Å². The van der Waals surface area contributed by atoms with Gasteiger partial charge in [-0.15, -0.1) is 5.10 Å². The Hall–Kier alpha value is -3.38. The van der Waals surface area contributed by atoms with Crippen molar-refractivity contribution in [3.05, 3.63) is 54.5 Å². The van der Waals surface area contributed by atoms with Gasteiger partial charge in [0, 0.05) is 50.5 Å². The summed E-state index contributed by atoms with van der Waals surface area (Å²) in [7, 11) is 0. The Labute approximate surface area is 162 Å². The first-order chi connectivity index (χ1) is 13.8. The number of fused-ring (bicyclic) bond motifs is 1. The molecule has 0 aliphatic carbocycles. The first-order valence-electron chi connectivity index (χ1n) is 9.38. The predicted octanol–water partition coefficient (Wildman–Crippen LogP) is 1.35. The first-order valence-corrected chi connectivity index (χ1v) is 9.38. The second-order valence-electron chi connectivity index (χ2n) is 7.06. The third-order valence-corrected chi connectivity index (χ3v) is 5.57. The van der Waals surface area contributed by atoms with Gasteiger partial charge in [-0.05, 0) is 25.0 Å². The van der Waals surface area contributed by atoms with Crippen LogP contribution in [0, 0.1) is 11.3 Å². The Morgan fingerprint density at radius 2 is 1.89 bits per heavy atom. The molecule has 2 aliphatic rings. The lowest BCUT2D eigenvalue weighted by Crippen LogP contribution is -2.51. The van der Waals surface area contributed by atoms with Crippen LogP contribution in [0.25, 0.3) is 5.69 Å². The van der Waals surface area contributed by atoms with Crippen molar-refractivity contribution in [3.63, 3.8) is 0 Å². The van der Waals surface area contributed by atoms with Gasteiger partial charge in [0.1, 0.15) is 11.8 Å². The van der Waals surface area contributed by atoms with Crippen LogP contribution >= 0.6 is 0 Å². The van der Waals surface area contributed by atoms with E-state index in [2.05, 4.69) is 41.1 Å². The molecule has 0 radical (unpaired) electrons. The van der Waals surface area contributed by atoms with Gasteiger partial charge in [-0.3, -0.25) is 9.88 Å². The van der Waals surface area contributed by atoms with Gasteiger partial charge in [0.2, 0.25) is 0 Å². The fourth-order valence-corrected chi connectivity index (χ4v) is 4.26. The van der Waals surface area contributed by atoms with Crippen molar-refractivity contribution in [2.45, 2.75) is 24.9 Å². The van der Waals surface area contributed by atoms with E-state index in [1.54, 1.807) is 29.5 Å². The molecule has 0 spiro atoms. The smallest absolute Gasteiger partial charge is 0.183 e. The maximum Gasteiger partial charge on any atom is 0.183 e. The summed E-state index contributed by atoms with van der Waals surface area (Å²) in [5.74, 6) is 0.691. The highest BCUT2D eigenvalue weighted by Gasteiger charge is 2.40. The van der Waals surface area contributed by atoms with E-state index in [4.69, 9.17) is 0 Å². The van der Waals surface area contributed by atoms with Crippen molar-refractivity contribution < 1.29 is 0 Å². The molecule has 2 aliphatic heterocycles. The highest BCUT2D eigenvalue weighted by molar-refractivity contribution is 5.50. The highest BCUT2D eigenvalue weighted by Crippen LogP contribution is 2.37. The van der Waals surface area contributed by atoms with Crippen molar-refractivity contribution in [1.82, 2.24) is 34.8 Å². The summed E-state index contributed by atoms with van der Waals surface area (Å²) in [4.78, 5) is 17.3. The molecule has 9 heteroatoms. The molecule has 0 aromatic carbocycles. The van der Waals surface area contributed by atoms with Crippen molar-refractivity contribution in [3.8, 4) is 11.8 Å². The van der Waals surface area contributed by atoms with Crippen molar-refractivity contribution >= 4 is 5.82 Å². The normalized spacial score (nSPS) is 22.0. The zero-order valence-electron chi connectivity index (χ0n) is 15.3. The van der Waals surface area contributed by atoms with Gasteiger partial charge in [0.15, 0.2) is 11.5 Å². The van der Waals surface area contributed by atoms with Crippen LogP contribution in [0.4, 0.5) is 5.82 Å². The van der Waals surface area contributed by atoms with E-state index >= 15 is 0 Å². The standard InChI is InChI=1S/C19H19N9/c20-11-16-19(23-8-7-22-16)26-9-10-27-15(12-26)1-2-18(27)17-13-28(25-24-17)14-3-5-21-6-4-14/h3-8,13,15,18H,1-2,9-10,12H2/t15-,18+/m0/s1. The number of nitriles is 1. The Morgan fingerprint density at radius 3 is 2.75 bits per heavy atom. The summed E-state index contributed by atoms with van der Waals surface area (Å²) in [5.41, 5.74) is 2.36. The van der Waals surface area contributed by atoms with Crippen molar-refractivity contribution in [2.75, 3.05) is 24.5 Å². The Bertz CT molecular complexity index is 1010. The van der Waals surface area contributed by atoms with E-state index < -0.39 is 0 Å². The Morgan fingerprint density at radius 1 is 1.04 bits per heavy atom. The minimum atomic E-state index is 0.278. The Balaban J connectivity index is 1.33. The molecule has 9 nitrogen and oxygen atoms in total. The fourth-order valence-electron chi connectivity index (χ4n) is 4.26. The fraction of sp³-hybridized carbons (Fsp3) is 0.368. The molecule has 0 N–H and O–H groups in total. The van der Waals surface area contributed by atoms with Crippen molar-refractivity contribution in [2.24, 2.45) is 0 Å². The first kappa shape index (κ1) is 16.8. The van der Waals surface area contributed by atoms with Gasteiger partial charge in [-0.1, -0.05) is 5.21 Å². The number of anilines is 1. The third-order valence-electron chi connectivity index (χ3n) is 5.57. The minimum absolute atomic E-state index is 0.278. The molecule has 140 valence electrons. The SMILES string of the molecule is N#Cc1nccnc1N1CCN2[C@@H](CC[C@@H]2c2cn(-c3ccncc3)nn2)C1. The number of piperazine rings is 1. The third kappa shape index (κ3) is 2.88. The number of rotatable bonds is 3. The van der Waals surface area contributed by atoms with E-state index in [-0.39, 0.29) is 6.04 Å². The predicted molar refractivity (Wildman–Crippen MR) is 101 cm³/mol. The average molecular weight is 373 g/mol. The molecule has 0 amide bonds. The van der Waals surface area contributed by atoms with Crippen LogP contribution in [0.1, 0.15) is 30.3 Å². The van der Waals surface area contributed by atoms with E-state index in [9.17, 15) is 5.26 Å². The summed E-state index contributed by atoms with van der Waals surface area (Å²) >= 11 is 0. The number of aromatic nitrogens is 6. The number of hydrogen-bond donors (Lipinski definition) is 0. The van der Waals surface area contributed by atoms with Gasteiger partial charge in [0.05, 0.1) is 17.9 Å². The molecule has 2 saturated heterocycles. The van der Waals surface area contributed by atoms with Gasteiger partial charge in [-0.2, -0.15) is 5.26 Å². The number of hydrogen-bond acceptors (Lipinski definition) is 8. The average Bonchev–Trinajstić information content (AvgIpc) is 3.41. The molecule has 2 atom stereocenters. The summed E-state index contributed by atoms with van der Waals surface area (Å²) in [6.45, 7) is 2.57. The molecule has 5 heterocycles. The topological polar surface area (TPSA) is 99.7 Å². The molecule has 0 unspecified atom stereocenters. The van der Waals surface area contributed by atoms with Crippen LogP contribution in [0.3, 0.4) is 0 Å². The molecule has 28 heavy (non-hydrogen) atoms. The van der Waals surface area contributed by atoms with Crippen LogP contribution in [-0.4, -0.2) is 60.5 Å². The van der Waals surface area contributed by atoms with E-state index in [1.165, 1.54) is 0 Å². The second kappa shape index (κ2) is 6.98. The second-order valence-corrected chi connectivity index (χ2v) is 7.06. The largest absolute Gasteiger partial charge is 0.351 e. The lowest BCUT2D eigenvalue weighted by molar-refractivity contribution is 0.173.